The van der Waals surface area contributed by atoms with Crippen LogP contribution in [0.15, 0.2) is 0 Å². The molecular weight excluding hydrogens is 270 g/mol. The number of hydrogen-bond acceptors (Lipinski definition) is 5. The van der Waals surface area contributed by atoms with Crippen molar-refractivity contribution in [1.82, 2.24) is 15.5 Å². The number of esters is 1. The van der Waals surface area contributed by atoms with Gasteiger partial charge in [-0.05, 0) is 25.3 Å². The zero-order valence-electron chi connectivity index (χ0n) is 13.6. The van der Waals surface area contributed by atoms with Crippen LogP contribution < -0.4 is 10.6 Å². The van der Waals surface area contributed by atoms with Crippen LogP contribution in [0.4, 0.5) is 0 Å². The lowest BCUT2D eigenvalue weighted by molar-refractivity contribution is -0.145. The maximum absolute atomic E-state index is 12.2. The zero-order valence-corrected chi connectivity index (χ0v) is 13.6. The molecule has 122 valence electrons. The Kier molecular flexibility index (Phi) is 7.67. The van der Waals surface area contributed by atoms with Crippen LogP contribution >= 0.6 is 0 Å². The number of nitrogens with one attached hydrogen (secondary N) is 2. The molecule has 1 saturated heterocycles. The molecule has 0 aromatic heterocycles. The summed E-state index contributed by atoms with van der Waals surface area (Å²) in [6.45, 7) is 9.24. The maximum atomic E-state index is 12.2. The van der Waals surface area contributed by atoms with E-state index in [0.29, 0.717) is 24.9 Å². The molecule has 0 saturated carbocycles. The molecule has 1 aliphatic rings. The van der Waals surface area contributed by atoms with Crippen LogP contribution in [-0.2, 0) is 14.3 Å². The fourth-order valence-electron chi connectivity index (χ4n) is 2.46. The number of rotatable bonds is 9. The van der Waals surface area contributed by atoms with Gasteiger partial charge in [0.25, 0.3) is 0 Å². The Balaban J connectivity index is 2.52. The number of ether oxygens (including phenoxy) is 1. The van der Waals surface area contributed by atoms with Crippen LogP contribution in [-0.4, -0.2) is 62.1 Å². The molecule has 1 fully saturated rings. The van der Waals surface area contributed by atoms with Gasteiger partial charge in [-0.25, -0.2) is 4.79 Å². The second kappa shape index (κ2) is 9.00. The van der Waals surface area contributed by atoms with E-state index in [4.69, 9.17) is 4.74 Å². The first-order chi connectivity index (χ1) is 9.97. The van der Waals surface area contributed by atoms with Crippen molar-refractivity contribution in [3.05, 3.63) is 0 Å². The van der Waals surface area contributed by atoms with Gasteiger partial charge in [0.2, 0.25) is 5.91 Å². The summed E-state index contributed by atoms with van der Waals surface area (Å²) >= 11 is 0. The number of hydrogen-bond donors (Lipinski definition) is 2. The summed E-state index contributed by atoms with van der Waals surface area (Å²) in [6, 6.07) is -0.122. The van der Waals surface area contributed by atoms with E-state index in [2.05, 4.69) is 22.5 Å². The fourth-order valence-corrected chi connectivity index (χ4v) is 2.46. The average Bonchev–Trinajstić information content (AvgIpc) is 2.34. The van der Waals surface area contributed by atoms with E-state index in [1.54, 1.807) is 0 Å². The van der Waals surface area contributed by atoms with Gasteiger partial charge < -0.3 is 15.4 Å². The normalized spacial score (nSPS) is 16.7. The molecule has 0 aliphatic carbocycles. The summed E-state index contributed by atoms with van der Waals surface area (Å²) in [5.41, 5.74) is 0. The van der Waals surface area contributed by atoms with Gasteiger partial charge in [0.1, 0.15) is 6.04 Å². The van der Waals surface area contributed by atoms with Crippen molar-refractivity contribution in [2.24, 2.45) is 5.92 Å². The quantitative estimate of drug-likeness (QED) is 0.602. The van der Waals surface area contributed by atoms with Crippen LogP contribution in [0, 0.1) is 5.92 Å². The molecule has 0 aromatic rings. The summed E-state index contributed by atoms with van der Waals surface area (Å²) in [5.74, 6) is -0.159. The molecule has 1 rings (SSSR count). The topological polar surface area (TPSA) is 70.7 Å². The second-order valence-corrected chi connectivity index (χ2v) is 6.06. The summed E-state index contributed by atoms with van der Waals surface area (Å²) in [7, 11) is 1.35. The Hall–Kier alpha value is -1.14. The van der Waals surface area contributed by atoms with Crippen molar-refractivity contribution in [3.8, 4) is 0 Å². The van der Waals surface area contributed by atoms with Gasteiger partial charge in [-0.2, -0.15) is 0 Å². The van der Waals surface area contributed by atoms with Gasteiger partial charge in [0, 0.05) is 19.1 Å². The molecule has 6 nitrogen and oxygen atoms in total. The minimum atomic E-state index is -0.550. The van der Waals surface area contributed by atoms with E-state index in [1.165, 1.54) is 7.11 Å². The zero-order chi connectivity index (χ0) is 15.8. The lowest BCUT2D eigenvalue weighted by Crippen LogP contribution is -2.59. The van der Waals surface area contributed by atoms with E-state index in [0.717, 1.165) is 26.1 Å². The Morgan fingerprint density at radius 3 is 2.48 bits per heavy atom. The first-order valence-corrected chi connectivity index (χ1v) is 7.79. The summed E-state index contributed by atoms with van der Waals surface area (Å²) in [5, 5.41) is 6.04. The Labute approximate surface area is 127 Å². The lowest BCUT2D eigenvalue weighted by Gasteiger charge is -2.37. The Bertz CT molecular complexity index is 343. The monoisotopic (exact) mass is 299 g/mol. The molecule has 21 heavy (non-hydrogen) atoms. The second-order valence-electron chi connectivity index (χ2n) is 6.06. The molecule has 1 atom stereocenters. The molecule has 1 aliphatic heterocycles. The third-order valence-electron chi connectivity index (χ3n) is 3.66. The Morgan fingerprint density at radius 2 is 2.05 bits per heavy atom. The van der Waals surface area contributed by atoms with Crippen molar-refractivity contribution in [2.75, 3.05) is 33.3 Å². The number of carbonyl (C=O) groups is 2. The third kappa shape index (κ3) is 6.01. The molecule has 0 aromatic carbocycles. The lowest BCUT2D eigenvalue weighted by atomic mass is 10.0. The van der Waals surface area contributed by atoms with Gasteiger partial charge in [-0.1, -0.05) is 20.8 Å². The van der Waals surface area contributed by atoms with Crippen LogP contribution in [0.25, 0.3) is 0 Å². The van der Waals surface area contributed by atoms with Gasteiger partial charge in [0.15, 0.2) is 0 Å². The summed E-state index contributed by atoms with van der Waals surface area (Å²) < 4.78 is 4.77. The molecule has 0 bridgehead atoms. The first-order valence-electron chi connectivity index (χ1n) is 7.79. The van der Waals surface area contributed by atoms with E-state index in [1.807, 2.05) is 13.8 Å². The highest BCUT2D eigenvalue weighted by atomic mass is 16.5. The first kappa shape index (κ1) is 17.9. The van der Waals surface area contributed by atoms with Gasteiger partial charge in [-0.15, -0.1) is 0 Å². The van der Waals surface area contributed by atoms with E-state index >= 15 is 0 Å². The van der Waals surface area contributed by atoms with Crippen LogP contribution in [0.1, 0.15) is 33.6 Å². The summed E-state index contributed by atoms with van der Waals surface area (Å²) in [4.78, 5) is 26.1. The third-order valence-corrected chi connectivity index (χ3v) is 3.66. The molecular formula is C15H29N3O3. The standard InChI is InChI=1S/C15H29N3O3/c1-5-6-18(12-8-16-9-12)10-14(19)17-13(7-11(2)3)15(20)21-4/h11-13,16H,5-10H2,1-4H3,(H,17,19). The number of amides is 1. The average molecular weight is 299 g/mol. The van der Waals surface area contributed by atoms with Crippen LogP contribution in [0.3, 0.4) is 0 Å². The smallest absolute Gasteiger partial charge is 0.328 e. The molecule has 0 spiro atoms. The molecule has 6 heteroatoms. The number of carbonyl (C=O) groups excluding carboxylic acids is 2. The van der Waals surface area contributed by atoms with Gasteiger partial charge in [0.05, 0.1) is 13.7 Å². The number of methoxy groups -OCH3 is 1. The van der Waals surface area contributed by atoms with Crippen LogP contribution in [0.2, 0.25) is 0 Å². The van der Waals surface area contributed by atoms with Crippen molar-refractivity contribution < 1.29 is 14.3 Å². The van der Waals surface area contributed by atoms with Crippen molar-refractivity contribution in [2.45, 2.75) is 45.7 Å². The van der Waals surface area contributed by atoms with Gasteiger partial charge in [-0.3, -0.25) is 9.69 Å². The van der Waals surface area contributed by atoms with Crippen molar-refractivity contribution >= 4 is 11.9 Å². The molecule has 2 N–H and O–H groups in total. The molecule has 0 radical (unpaired) electrons. The molecule has 1 heterocycles. The molecule has 1 amide bonds. The van der Waals surface area contributed by atoms with E-state index in [-0.39, 0.29) is 11.9 Å². The number of nitrogens with zero attached hydrogens (tertiary/aromatic N) is 1. The predicted molar refractivity (Wildman–Crippen MR) is 81.9 cm³/mol. The highest BCUT2D eigenvalue weighted by Gasteiger charge is 2.28. The maximum Gasteiger partial charge on any atom is 0.328 e. The van der Waals surface area contributed by atoms with Gasteiger partial charge >= 0.3 is 5.97 Å². The fraction of sp³-hybridized carbons (Fsp3) is 0.867. The minimum Gasteiger partial charge on any atom is -0.467 e. The SMILES string of the molecule is CCCN(CC(=O)NC(CC(C)C)C(=O)OC)C1CNC1. The van der Waals surface area contributed by atoms with Crippen LogP contribution in [0.5, 0.6) is 0 Å². The van der Waals surface area contributed by atoms with Crippen molar-refractivity contribution in [1.29, 1.82) is 0 Å². The molecule has 1 unspecified atom stereocenters. The highest BCUT2D eigenvalue weighted by Crippen LogP contribution is 2.08. The Morgan fingerprint density at radius 1 is 1.38 bits per heavy atom. The summed E-state index contributed by atoms with van der Waals surface area (Å²) in [6.07, 6.45) is 1.60. The van der Waals surface area contributed by atoms with E-state index in [9.17, 15) is 9.59 Å². The predicted octanol–water partition coefficient (Wildman–Crippen LogP) is 0.374. The van der Waals surface area contributed by atoms with Crippen molar-refractivity contribution in [3.63, 3.8) is 0 Å². The minimum absolute atomic E-state index is 0.105. The van der Waals surface area contributed by atoms with E-state index < -0.39 is 6.04 Å². The largest absolute Gasteiger partial charge is 0.467 e. The highest BCUT2D eigenvalue weighted by molar-refractivity contribution is 5.85.